The molecule has 2 rings (SSSR count). The lowest BCUT2D eigenvalue weighted by Crippen LogP contribution is -2.21. The predicted molar refractivity (Wildman–Crippen MR) is 68.3 cm³/mol. The third-order valence-corrected chi connectivity index (χ3v) is 3.04. The summed E-state index contributed by atoms with van der Waals surface area (Å²) >= 11 is 0. The van der Waals surface area contributed by atoms with Crippen LogP contribution in [-0.4, -0.2) is 34.3 Å². The highest BCUT2D eigenvalue weighted by atomic mass is 19.4. The highest BCUT2D eigenvalue weighted by molar-refractivity contribution is 6.01. The fraction of sp³-hybridized carbons (Fsp3) is 0.385. The van der Waals surface area contributed by atoms with E-state index in [-0.39, 0.29) is 23.2 Å². The van der Waals surface area contributed by atoms with Gasteiger partial charge in [-0.15, -0.1) is 0 Å². The van der Waals surface area contributed by atoms with E-state index in [2.05, 4.69) is 4.98 Å². The van der Waals surface area contributed by atoms with Crippen molar-refractivity contribution in [1.82, 2.24) is 9.55 Å². The van der Waals surface area contributed by atoms with Gasteiger partial charge in [-0.2, -0.15) is 13.2 Å². The van der Waals surface area contributed by atoms with Gasteiger partial charge in [-0.25, -0.2) is 9.78 Å². The highest BCUT2D eigenvalue weighted by Crippen LogP contribution is 2.35. The third kappa shape index (κ3) is 2.71. The summed E-state index contributed by atoms with van der Waals surface area (Å²) in [4.78, 5) is 14.8. The van der Waals surface area contributed by atoms with Gasteiger partial charge in [0.05, 0.1) is 29.2 Å². The molecule has 0 saturated heterocycles. The molecule has 0 aliphatic rings. The van der Waals surface area contributed by atoms with Crippen LogP contribution in [0.5, 0.6) is 0 Å². The molecule has 1 aromatic carbocycles. The molecular formula is C13H13F3N2O3. The van der Waals surface area contributed by atoms with Crippen molar-refractivity contribution < 1.29 is 27.8 Å². The summed E-state index contributed by atoms with van der Waals surface area (Å²) in [6.45, 7) is 1.51. The van der Waals surface area contributed by atoms with Crippen LogP contribution < -0.4 is 0 Å². The van der Waals surface area contributed by atoms with E-state index in [1.807, 2.05) is 0 Å². The van der Waals surface area contributed by atoms with Gasteiger partial charge in [-0.05, 0) is 19.1 Å². The molecule has 0 bridgehead atoms. The molecule has 0 fully saturated rings. The Morgan fingerprint density at radius 1 is 1.48 bits per heavy atom. The number of aromatic carboxylic acids is 1. The van der Waals surface area contributed by atoms with E-state index in [9.17, 15) is 23.1 Å². The number of fused-ring (bicyclic) bond motifs is 1. The first-order valence-corrected chi connectivity index (χ1v) is 6.07. The van der Waals surface area contributed by atoms with Crippen LogP contribution in [0.2, 0.25) is 0 Å². The lowest BCUT2D eigenvalue weighted by Gasteiger charge is -2.18. The minimum absolute atomic E-state index is 0.00247. The Morgan fingerprint density at radius 3 is 2.67 bits per heavy atom. The van der Waals surface area contributed by atoms with Gasteiger partial charge in [-0.1, -0.05) is 6.07 Å². The Labute approximate surface area is 118 Å². The van der Waals surface area contributed by atoms with Gasteiger partial charge in [0, 0.05) is 7.11 Å². The monoisotopic (exact) mass is 302 g/mol. The van der Waals surface area contributed by atoms with Crippen molar-refractivity contribution in [3.8, 4) is 0 Å². The fourth-order valence-electron chi connectivity index (χ4n) is 2.27. The molecule has 1 heterocycles. The third-order valence-electron chi connectivity index (χ3n) is 3.04. The Hall–Kier alpha value is -2.09. The first-order valence-electron chi connectivity index (χ1n) is 6.07. The predicted octanol–water partition coefficient (Wildman–Crippen LogP) is 2.96. The van der Waals surface area contributed by atoms with Crippen molar-refractivity contribution >= 4 is 17.0 Å². The zero-order valence-corrected chi connectivity index (χ0v) is 11.3. The number of aromatic nitrogens is 2. The van der Waals surface area contributed by atoms with Crippen LogP contribution >= 0.6 is 0 Å². The number of alkyl halides is 3. The number of carboxylic acid groups (broad SMARTS) is 1. The maximum Gasteiger partial charge on any atom is 0.449 e. The van der Waals surface area contributed by atoms with Crippen LogP contribution in [0.4, 0.5) is 13.2 Å². The molecule has 1 N–H and O–H groups in total. The summed E-state index contributed by atoms with van der Waals surface area (Å²) in [7, 11) is 1.36. The van der Waals surface area contributed by atoms with E-state index in [0.29, 0.717) is 0 Å². The van der Waals surface area contributed by atoms with Crippen LogP contribution in [-0.2, 0) is 10.9 Å². The van der Waals surface area contributed by atoms with Crippen LogP contribution in [0.25, 0.3) is 11.0 Å². The number of hydrogen-bond acceptors (Lipinski definition) is 3. The lowest BCUT2D eigenvalue weighted by atomic mass is 10.1. The van der Waals surface area contributed by atoms with E-state index in [0.717, 1.165) is 4.57 Å². The molecule has 5 nitrogen and oxygen atoms in total. The average molecular weight is 302 g/mol. The number of carboxylic acids is 1. The molecule has 1 atom stereocenters. The fourth-order valence-corrected chi connectivity index (χ4v) is 2.27. The number of ether oxygens (including phenoxy) is 1. The number of carbonyl (C=O) groups is 1. The van der Waals surface area contributed by atoms with E-state index in [1.165, 1.54) is 32.2 Å². The number of methoxy groups -OCH3 is 1. The summed E-state index contributed by atoms with van der Waals surface area (Å²) in [5.41, 5.74) is -0.287. The molecule has 0 aliphatic heterocycles. The summed E-state index contributed by atoms with van der Waals surface area (Å²) in [6.07, 6.45) is -4.68. The van der Waals surface area contributed by atoms with Crippen molar-refractivity contribution in [3.63, 3.8) is 0 Å². The number of benzene rings is 1. The summed E-state index contributed by atoms with van der Waals surface area (Å²) < 4.78 is 45.2. The Kier molecular flexibility index (Phi) is 3.91. The number of rotatable bonds is 4. The first kappa shape index (κ1) is 15.3. The molecule has 1 aromatic heterocycles. The van der Waals surface area contributed by atoms with Gasteiger partial charge >= 0.3 is 12.1 Å². The molecule has 114 valence electrons. The standard InChI is InChI=1S/C13H13F3N2O3/c1-7(6-21-2)18-10-8(11(19)20)4-3-5-9(10)17-12(18)13(14,15)16/h3-5,7H,6H2,1-2H3,(H,19,20). The molecule has 0 aliphatic carbocycles. The van der Waals surface area contributed by atoms with Gasteiger partial charge in [0.15, 0.2) is 0 Å². The van der Waals surface area contributed by atoms with Crippen LogP contribution in [0.3, 0.4) is 0 Å². The Morgan fingerprint density at radius 2 is 2.14 bits per heavy atom. The van der Waals surface area contributed by atoms with Gasteiger partial charge in [0.1, 0.15) is 0 Å². The topological polar surface area (TPSA) is 64.4 Å². The normalized spacial score (nSPS) is 13.6. The second-order valence-corrected chi connectivity index (χ2v) is 4.59. The van der Waals surface area contributed by atoms with Crippen LogP contribution in [0.15, 0.2) is 18.2 Å². The zero-order valence-electron chi connectivity index (χ0n) is 11.3. The van der Waals surface area contributed by atoms with Crippen molar-refractivity contribution in [2.45, 2.75) is 19.1 Å². The van der Waals surface area contributed by atoms with E-state index >= 15 is 0 Å². The largest absolute Gasteiger partial charge is 0.478 e. The second kappa shape index (κ2) is 5.36. The SMILES string of the molecule is COCC(C)n1c(C(F)(F)F)nc2cccc(C(=O)O)c21. The maximum absolute atomic E-state index is 13.1. The van der Waals surface area contributed by atoms with Crippen molar-refractivity contribution in [1.29, 1.82) is 0 Å². The summed E-state index contributed by atoms with van der Waals surface area (Å²) in [6, 6.07) is 3.26. The van der Waals surface area contributed by atoms with Gasteiger partial charge in [-0.3, -0.25) is 0 Å². The van der Waals surface area contributed by atoms with Gasteiger partial charge in [0.25, 0.3) is 0 Å². The minimum Gasteiger partial charge on any atom is -0.478 e. The summed E-state index contributed by atoms with van der Waals surface area (Å²) in [5, 5.41) is 9.18. The molecule has 0 saturated carbocycles. The maximum atomic E-state index is 13.1. The van der Waals surface area contributed by atoms with E-state index in [4.69, 9.17) is 4.74 Å². The molecular weight excluding hydrogens is 289 g/mol. The molecule has 0 radical (unpaired) electrons. The Balaban J connectivity index is 2.83. The first-order chi connectivity index (χ1) is 9.77. The smallest absolute Gasteiger partial charge is 0.449 e. The average Bonchev–Trinajstić information content (AvgIpc) is 2.77. The second-order valence-electron chi connectivity index (χ2n) is 4.59. The number of para-hydroxylation sites is 1. The van der Waals surface area contributed by atoms with Crippen LogP contribution in [0, 0.1) is 0 Å². The number of hydrogen-bond donors (Lipinski definition) is 1. The van der Waals surface area contributed by atoms with Crippen molar-refractivity contribution in [3.05, 3.63) is 29.6 Å². The van der Waals surface area contributed by atoms with Crippen molar-refractivity contribution in [2.24, 2.45) is 0 Å². The molecule has 0 spiro atoms. The summed E-state index contributed by atoms with van der Waals surface area (Å²) in [5.74, 6) is -2.43. The molecule has 0 amide bonds. The quantitative estimate of drug-likeness (QED) is 0.943. The van der Waals surface area contributed by atoms with Gasteiger partial charge in [0.2, 0.25) is 5.82 Å². The molecule has 8 heteroatoms. The molecule has 1 unspecified atom stereocenters. The van der Waals surface area contributed by atoms with E-state index in [1.54, 1.807) is 0 Å². The minimum atomic E-state index is -4.68. The Bertz CT molecular complexity index is 679. The highest BCUT2D eigenvalue weighted by Gasteiger charge is 2.39. The zero-order chi connectivity index (χ0) is 15.8. The number of imidazole rings is 1. The van der Waals surface area contributed by atoms with Crippen molar-refractivity contribution in [2.75, 3.05) is 13.7 Å². The number of halogens is 3. The van der Waals surface area contributed by atoms with E-state index < -0.39 is 24.0 Å². The van der Waals surface area contributed by atoms with Gasteiger partial charge < -0.3 is 14.4 Å². The molecule has 21 heavy (non-hydrogen) atoms. The number of nitrogens with zero attached hydrogens (tertiary/aromatic N) is 2. The van der Waals surface area contributed by atoms with Crippen LogP contribution in [0.1, 0.15) is 29.1 Å². The lowest BCUT2D eigenvalue weighted by molar-refractivity contribution is -0.147. The molecule has 2 aromatic rings.